The molecule has 0 saturated heterocycles. The number of fused-ring (bicyclic) bond motifs is 1. The summed E-state index contributed by atoms with van der Waals surface area (Å²) in [5, 5.41) is 14.6. The minimum atomic E-state index is -0.743. The van der Waals surface area contributed by atoms with Gasteiger partial charge in [-0.05, 0) is 19.1 Å². The predicted octanol–water partition coefficient (Wildman–Crippen LogP) is 3.10. The van der Waals surface area contributed by atoms with E-state index in [2.05, 4.69) is 10.3 Å². The highest BCUT2D eigenvalue weighted by molar-refractivity contribution is 5.96. The molecule has 8 heteroatoms. The molecular weight excluding hydrogens is 326 g/mol. The minimum absolute atomic E-state index is 0.0391. The Labute approximate surface area is 143 Å². The molecule has 0 fully saturated rings. The summed E-state index contributed by atoms with van der Waals surface area (Å²) in [6, 6.07) is 8.57. The summed E-state index contributed by atoms with van der Waals surface area (Å²) in [5.74, 6) is 0.0275. The van der Waals surface area contributed by atoms with Gasteiger partial charge in [-0.3, -0.25) is 10.1 Å². The molecule has 0 unspecified atom stereocenters. The third-order valence-corrected chi connectivity index (χ3v) is 3.87. The Hall–Kier alpha value is -3.16. The summed E-state index contributed by atoms with van der Waals surface area (Å²) in [6.07, 6.45) is 1.98. The van der Waals surface area contributed by atoms with Gasteiger partial charge in [0.1, 0.15) is 11.3 Å². The first-order chi connectivity index (χ1) is 12.1. The highest BCUT2D eigenvalue weighted by Gasteiger charge is 2.30. The highest BCUT2D eigenvalue weighted by atomic mass is 16.6. The van der Waals surface area contributed by atoms with E-state index in [-0.39, 0.29) is 29.7 Å². The summed E-state index contributed by atoms with van der Waals surface area (Å²) < 4.78 is 10.5. The Balaban J connectivity index is 1.97. The zero-order valence-electron chi connectivity index (χ0n) is 13.6. The van der Waals surface area contributed by atoms with Crippen LogP contribution < -0.4 is 10.1 Å². The van der Waals surface area contributed by atoms with Gasteiger partial charge >= 0.3 is 11.7 Å². The number of nitrogens with zero attached hydrogens (tertiary/aromatic N) is 2. The molecule has 2 heterocycles. The van der Waals surface area contributed by atoms with Crippen molar-refractivity contribution in [2.75, 3.05) is 18.5 Å². The molecule has 0 aliphatic carbocycles. The third kappa shape index (κ3) is 3.37. The average Bonchev–Trinajstić information content (AvgIpc) is 2.62. The van der Waals surface area contributed by atoms with E-state index in [9.17, 15) is 14.9 Å². The standard InChI is InChI=1S/C17H17N3O5/c1-2-24-17(21)12-7-9-18-16(15(12)20(22)23)19-13-8-10-25-14-6-4-3-5-11(13)14/h3-7,9,13H,2,8,10H2,1H3,(H,18,19)/t13-/m1/s1. The smallest absolute Gasteiger partial charge is 0.345 e. The molecule has 0 bridgehead atoms. The third-order valence-electron chi connectivity index (χ3n) is 3.87. The van der Waals surface area contributed by atoms with Gasteiger partial charge in [-0.1, -0.05) is 18.2 Å². The van der Waals surface area contributed by atoms with Crippen LogP contribution in [0.3, 0.4) is 0 Å². The second kappa shape index (κ2) is 7.16. The highest BCUT2D eigenvalue weighted by Crippen LogP contribution is 2.36. The molecule has 0 amide bonds. The van der Waals surface area contributed by atoms with Gasteiger partial charge in [0, 0.05) is 18.2 Å². The summed E-state index contributed by atoms with van der Waals surface area (Å²) in [6.45, 7) is 2.26. The number of carbonyl (C=O) groups excluding carboxylic acids is 1. The summed E-state index contributed by atoms with van der Waals surface area (Å²) in [7, 11) is 0. The van der Waals surface area contributed by atoms with Crippen LogP contribution in [0.2, 0.25) is 0 Å². The molecule has 0 radical (unpaired) electrons. The predicted molar refractivity (Wildman–Crippen MR) is 89.8 cm³/mol. The van der Waals surface area contributed by atoms with Crippen molar-refractivity contribution in [1.82, 2.24) is 4.98 Å². The Morgan fingerprint density at radius 2 is 2.24 bits per heavy atom. The van der Waals surface area contributed by atoms with Crippen LogP contribution in [0.15, 0.2) is 36.5 Å². The second-order valence-electron chi connectivity index (χ2n) is 5.41. The molecule has 1 aromatic heterocycles. The fourth-order valence-electron chi connectivity index (χ4n) is 2.78. The first-order valence-corrected chi connectivity index (χ1v) is 7.90. The number of hydrogen-bond donors (Lipinski definition) is 1. The Morgan fingerprint density at radius 1 is 1.44 bits per heavy atom. The van der Waals surface area contributed by atoms with Crippen LogP contribution in [0.5, 0.6) is 5.75 Å². The van der Waals surface area contributed by atoms with Crippen LogP contribution in [0.1, 0.15) is 35.3 Å². The van der Waals surface area contributed by atoms with E-state index in [0.29, 0.717) is 13.0 Å². The molecule has 1 aromatic carbocycles. The van der Waals surface area contributed by atoms with Crippen molar-refractivity contribution < 1.29 is 19.2 Å². The van der Waals surface area contributed by atoms with E-state index in [1.54, 1.807) is 6.92 Å². The molecule has 0 saturated carbocycles. The maximum absolute atomic E-state index is 12.0. The van der Waals surface area contributed by atoms with E-state index in [0.717, 1.165) is 11.3 Å². The number of carbonyl (C=O) groups is 1. The topological polar surface area (TPSA) is 104 Å². The number of hydrogen-bond acceptors (Lipinski definition) is 7. The van der Waals surface area contributed by atoms with E-state index in [1.165, 1.54) is 12.3 Å². The first kappa shape index (κ1) is 16.7. The summed E-state index contributed by atoms with van der Waals surface area (Å²) in [5.41, 5.74) is 0.390. The SMILES string of the molecule is CCOC(=O)c1ccnc(N[C@@H]2CCOc3ccccc32)c1[N+](=O)[O-]. The largest absolute Gasteiger partial charge is 0.493 e. The Kier molecular flexibility index (Phi) is 4.78. The van der Waals surface area contributed by atoms with Crippen molar-refractivity contribution in [2.24, 2.45) is 0 Å². The van der Waals surface area contributed by atoms with Crippen LogP contribution >= 0.6 is 0 Å². The number of anilines is 1. The van der Waals surface area contributed by atoms with Gasteiger partial charge in [-0.25, -0.2) is 9.78 Å². The van der Waals surface area contributed by atoms with Crippen LogP contribution in [0, 0.1) is 10.1 Å². The quantitative estimate of drug-likeness (QED) is 0.505. The van der Waals surface area contributed by atoms with E-state index in [1.807, 2.05) is 24.3 Å². The van der Waals surface area contributed by atoms with Crippen molar-refractivity contribution in [3.05, 3.63) is 57.8 Å². The van der Waals surface area contributed by atoms with Crippen LogP contribution in [-0.4, -0.2) is 29.1 Å². The monoisotopic (exact) mass is 343 g/mol. The Morgan fingerprint density at radius 3 is 3.00 bits per heavy atom. The van der Waals surface area contributed by atoms with Gasteiger partial charge < -0.3 is 14.8 Å². The lowest BCUT2D eigenvalue weighted by Gasteiger charge is -2.26. The number of esters is 1. The van der Waals surface area contributed by atoms with Crippen molar-refractivity contribution in [3.63, 3.8) is 0 Å². The number of nitro groups is 1. The van der Waals surface area contributed by atoms with Gasteiger partial charge in [-0.15, -0.1) is 0 Å². The molecule has 1 atom stereocenters. The van der Waals surface area contributed by atoms with Crippen LogP contribution in [0.4, 0.5) is 11.5 Å². The molecular formula is C17H17N3O5. The maximum Gasteiger partial charge on any atom is 0.345 e. The molecule has 3 rings (SSSR count). The molecule has 8 nitrogen and oxygen atoms in total. The fourth-order valence-corrected chi connectivity index (χ4v) is 2.78. The molecule has 25 heavy (non-hydrogen) atoms. The number of benzene rings is 1. The van der Waals surface area contributed by atoms with Crippen LogP contribution in [-0.2, 0) is 4.74 Å². The fraction of sp³-hybridized carbons (Fsp3) is 0.294. The number of aromatic nitrogens is 1. The first-order valence-electron chi connectivity index (χ1n) is 7.90. The number of ether oxygens (including phenoxy) is 2. The minimum Gasteiger partial charge on any atom is -0.493 e. The number of rotatable bonds is 5. The van der Waals surface area contributed by atoms with Crippen molar-refractivity contribution in [1.29, 1.82) is 0 Å². The molecule has 1 aliphatic rings. The number of nitrogens with one attached hydrogen (secondary N) is 1. The second-order valence-corrected chi connectivity index (χ2v) is 5.41. The molecule has 2 aromatic rings. The van der Waals surface area contributed by atoms with Crippen molar-refractivity contribution in [2.45, 2.75) is 19.4 Å². The maximum atomic E-state index is 12.0. The van der Waals surface area contributed by atoms with E-state index in [4.69, 9.17) is 9.47 Å². The van der Waals surface area contributed by atoms with Gasteiger partial charge in [0.05, 0.1) is 24.2 Å². The van der Waals surface area contributed by atoms with Gasteiger partial charge in [0.2, 0.25) is 5.82 Å². The zero-order chi connectivity index (χ0) is 17.8. The normalized spacial score (nSPS) is 15.6. The molecule has 1 N–H and O–H groups in total. The van der Waals surface area contributed by atoms with E-state index >= 15 is 0 Å². The lowest BCUT2D eigenvalue weighted by atomic mass is 10.0. The van der Waals surface area contributed by atoms with Gasteiger partial charge in [0.15, 0.2) is 0 Å². The van der Waals surface area contributed by atoms with E-state index < -0.39 is 10.9 Å². The zero-order valence-corrected chi connectivity index (χ0v) is 13.6. The number of pyridine rings is 1. The molecule has 0 spiro atoms. The average molecular weight is 343 g/mol. The number of para-hydroxylation sites is 1. The lowest BCUT2D eigenvalue weighted by Crippen LogP contribution is -2.22. The summed E-state index contributed by atoms with van der Waals surface area (Å²) in [4.78, 5) is 27.0. The summed E-state index contributed by atoms with van der Waals surface area (Å²) >= 11 is 0. The van der Waals surface area contributed by atoms with Crippen molar-refractivity contribution in [3.8, 4) is 5.75 Å². The van der Waals surface area contributed by atoms with Crippen LogP contribution in [0.25, 0.3) is 0 Å². The molecule has 1 aliphatic heterocycles. The van der Waals surface area contributed by atoms with Gasteiger partial charge in [-0.2, -0.15) is 0 Å². The van der Waals surface area contributed by atoms with Gasteiger partial charge in [0.25, 0.3) is 0 Å². The molecule has 130 valence electrons. The van der Waals surface area contributed by atoms with Crippen molar-refractivity contribution >= 4 is 17.5 Å². The Bertz CT molecular complexity index is 809. The lowest BCUT2D eigenvalue weighted by molar-refractivity contribution is -0.384.